The molecule has 0 aromatic carbocycles. The maximum absolute atomic E-state index is 5.68. The molecule has 0 rings (SSSR count). The number of hydrogen-bond donors (Lipinski definition) is 0. The van der Waals surface area contributed by atoms with Crippen molar-refractivity contribution in [3.05, 3.63) is 0 Å². The maximum Gasteiger partial charge on any atom is 0.273 e. The fourth-order valence-electron chi connectivity index (χ4n) is 0.992. The monoisotopic (exact) mass is 303 g/mol. The summed E-state index contributed by atoms with van der Waals surface area (Å²) in [5.74, 6) is 0. The van der Waals surface area contributed by atoms with Gasteiger partial charge in [0.25, 0.3) is 7.42 Å². The van der Waals surface area contributed by atoms with Gasteiger partial charge in [-0.25, -0.2) is 0 Å². The summed E-state index contributed by atoms with van der Waals surface area (Å²) in [6.45, 7) is 4.29. The quantitative estimate of drug-likeness (QED) is 0.296. The molecule has 0 amide bonds. The number of ether oxygens (including phenoxy) is 4. The van der Waals surface area contributed by atoms with Gasteiger partial charge in [0.1, 0.15) is 0 Å². The minimum atomic E-state index is -1.14. The lowest BCUT2D eigenvalue weighted by atomic mass is 10.5. The van der Waals surface area contributed by atoms with E-state index in [1.165, 1.54) is 0 Å². The van der Waals surface area contributed by atoms with Crippen molar-refractivity contribution in [1.82, 2.24) is 0 Å². The summed E-state index contributed by atoms with van der Waals surface area (Å²) in [5, 5.41) is 0. The molecule has 7 heteroatoms. The van der Waals surface area contributed by atoms with Gasteiger partial charge < -0.3 is 18.9 Å². The van der Waals surface area contributed by atoms with Crippen LogP contribution in [0.25, 0.3) is 0 Å². The van der Waals surface area contributed by atoms with Gasteiger partial charge in [0, 0.05) is 13.7 Å². The molecule has 0 aliphatic heterocycles. The Hall–Kier alpha value is 0.637. The minimum Gasteiger partial charge on any atom is -0.382 e. The molecule has 0 spiro atoms. The van der Waals surface area contributed by atoms with E-state index in [1.54, 1.807) is 7.11 Å². The molecular weight excluding hydrogens is 283 g/mol. The summed E-state index contributed by atoms with van der Waals surface area (Å²) in [6, 6.07) is 0.863. The molecule has 0 atom stereocenters. The van der Waals surface area contributed by atoms with Crippen molar-refractivity contribution in [1.29, 1.82) is 0 Å². The van der Waals surface area contributed by atoms with Crippen LogP contribution in [0.2, 0.25) is 6.04 Å². The molecule has 0 saturated carbocycles. The van der Waals surface area contributed by atoms with Crippen LogP contribution in [0.15, 0.2) is 0 Å². The third kappa shape index (κ3) is 16.6. The molecule has 0 unspecified atom stereocenters. The minimum absolute atomic E-state index is 0.587. The molecule has 0 aliphatic rings. The lowest BCUT2D eigenvalue weighted by Crippen LogP contribution is -2.11. The highest BCUT2D eigenvalue weighted by Gasteiger charge is 2.01. The molecule has 0 heterocycles. The van der Waals surface area contributed by atoms with E-state index in [-0.39, 0.29) is 0 Å². The van der Waals surface area contributed by atoms with Crippen LogP contribution in [0.1, 0.15) is 6.42 Å². The number of halogens is 2. The highest BCUT2D eigenvalue weighted by atomic mass is 35.7. The van der Waals surface area contributed by atoms with E-state index in [9.17, 15) is 0 Å². The van der Waals surface area contributed by atoms with Crippen LogP contribution in [0.3, 0.4) is 0 Å². The Morgan fingerprint density at radius 3 is 1.71 bits per heavy atom. The summed E-state index contributed by atoms with van der Waals surface area (Å²) in [5.41, 5.74) is 0. The van der Waals surface area contributed by atoms with Crippen LogP contribution in [0.5, 0.6) is 0 Å². The molecule has 0 aromatic heterocycles. The predicted octanol–water partition coefficient (Wildman–Crippen LogP) is 2.04. The van der Waals surface area contributed by atoms with E-state index >= 15 is 0 Å². The molecule has 0 fully saturated rings. The number of methoxy groups -OCH3 is 1. The zero-order chi connectivity index (χ0) is 12.8. The summed E-state index contributed by atoms with van der Waals surface area (Å²) >= 11 is 11.4. The Bertz CT molecular complexity index is 152. The average Bonchev–Trinajstić information content (AvgIpc) is 2.30. The SMILES string of the molecule is COCCOCCOCCOCCC[Si](Cl)Cl. The molecule has 0 bridgehead atoms. The van der Waals surface area contributed by atoms with Gasteiger partial charge in [-0.1, -0.05) is 0 Å². The molecule has 1 radical (unpaired) electrons. The van der Waals surface area contributed by atoms with Gasteiger partial charge in [0.2, 0.25) is 0 Å². The molecular formula is C10H21Cl2O4Si. The molecule has 17 heavy (non-hydrogen) atoms. The predicted molar refractivity (Wildman–Crippen MR) is 71.2 cm³/mol. The largest absolute Gasteiger partial charge is 0.382 e. The number of hydrogen-bond acceptors (Lipinski definition) is 4. The van der Waals surface area contributed by atoms with Crippen molar-refractivity contribution in [2.75, 3.05) is 53.4 Å². The van der Waals surface area contributed by atoms with Crippen molar-refractivity contribution in [3.8, 4) is 0 Å². The highest BCUT2D eigenvalue weighted by Crippen LogP contribution is 2.05. The zero-order valence-corrected chi connectivity index (χ0v) is 12.8. The standard InChI is InChI=1S/C10H21Cl2O4Si/c1-13-4-5-15-8-9-16-7-6-14-3-2-10-17(11)12/h2-10H2,1H3. The first-order valence-corrected chi connectivity index (χ1v) is 9.39. The molecule has 0 aliphatic carbocycles. The second kappa shape index (κ2) is 14.7. The van der Waals surface area contributed by atoms with E-state index in [0.29, 0.717) is 46.2 Å². The fraction of sp³-hybridized carbons (Fsp3) is 1.00. The Morgan fingerprint density at radius 2 is 1.24 bits per heavy atom. The average molecular weight is 304 g/mol. The van der Waals surface area contributed by atoms with E-state index in [4.69, 9.17) is 41.1 Å². The van der Waals surface area contributed by atoms with Crippen molar-refractivity contribution >= 4 is 29.6 Å². The summed E-state index contributed by atoms with van der Waals surface area (Å²) in [6.07, 6.45) is 0.918. The Morgan fingerprint density at radius 1 is 0.765 bits per heavy atom. The molecule has 0 N–H and O–H groups in total. The lowest BCUT2D eigenvalue weighted by molar-refractivity contribution is 0.00378. The van der Waals surface area contributed by atoms with E-state index in [1.807, 2.05) is 0 Å². The smallest absolute Gasteiger partial charge is 0.273 e. The Labute approximate surface area is 114 Å². The van der Waals surface area contributed by atoms with Crippen molar-refractivity contribution in [2.24, 2.45) is 0 Å². The van der Waals surface area contributed by atoms with Gasteiger partial charge in [-0.05, 0) is 12.5 Å². The molecule has 0 saturated heterocycles. The van der Waals surface area contributed by atoms with Gasteiger partial charge in [-0.15, -0.1) is 22.2 Å². The van der Waals surface area contributed by atoms with Gasteiger partial charge in [-0.3, -0.25) is 0 Å². The van der Waals surface area contributed by atoms with Crippen LogP contribution in [-0.4, -0.2) is 60.8 Å². The molecule has 103 valence electrons. The Kier molecular flexibility index (Phi) is 15.2. The summed E-state index contributed by atoms with van der Waals surface area (Å²) < 4.78 is 20.7. The first-order valence-electron chi connectivity index (χ1n) is 5.66. The lowest BCUT2D eigenvalue weighted by Gasteiger charge is -2.06. The van der Waals surface area contributed by atoms with Gasteiger partial charge in [-0.2, -0.15) is 0 Å². The van der Waals surface area contributed by atoms with E-state index in [0.717, 1.165) is 12.5 Å². The summed E-state index contributed by atoms with van der Waals surface area (Å²) in [7, 11) is 0.508. The topological polar surface area (TPSA) is 36.9 Å². The summed E-state index contributed by atoms with van der Waals surface area (Å²) in [4.78, 5) is 0. The van der Waals surface area contributed by atoms with Crippen molar-refractivity contribution in [3.63, 3.8) is 0 Å². The van der Waals surface area contributed by atoms with E-state index in [2.05, 4.69) is 0 Å². The first kappa shape index (κ1) is 17.6. The number of rotatable bonds is 13. The van der Waals surface area contributed by atoms with Crippen LogP contribution >= 0.6 is 22.2 Å². The van der Waals surface area contributed by atoms with Crippen LogP contribution < -0.4 is 0 Å². The maximum atomic E-state index is 5.68. The van der Waals surface area contributed by atoms with Crippen molar-refractivity contribution < 1.29 is 18.9 Å². The zero-order valence-electron chi connectivity index (χ0n) is 10.3. The van der Waals surface area contributed by atoms with E-state index < -0.39 is 7.42 Å². The van der Waals surface area contributed by atoms with Crippen LogP contribution in [0, 0.1) is 0 Å². The van der Waals surface area contributed by atoms with Crippen LogP contribution in [-0.2, 0) is 18.9 Å². The van der Waals surface area contributed by atoms with Gasteiger partial charge >= 0.3 is 0 Å². The highest BCUT2D eigenvalue weighted by molar-refractivity contribution is 7.33. The second-order valence-corrected chi connectivity index (χ2v) is 7.77. The fourth-order valence-corrected chi connectivity index (χ4v) is 2.21. The first-order chi connectivity index (χ1) is 8.27. The van der Waals surface area contributed by atoms with Gasteiger partial charge in [0.15, 0.2) is 0 Å². The second-order valence-electron chi connectivity index (χ2n) is 3.27. The third-order valence-electron chi connectivity index (χ3n) is 1.83. The normalized spacial score (nSPS) is 11.3. The van der Waals surface area contributed by atoms with Gasteiger partial charge in [0.05, 0.1) is 39.6 Å². The molecule has 4 nitrogen and oxygen atoms in total. The Balaban J connectivity index is 2.89. The molecule has 0 aromatic rings. The third-order valence-corrected chi connectivity index (χ3v) is 3.70. The van der Waals surface area contributed by atoms with Crippen molar-refractivity contribution in [2.45, 2.75) is 12.5 Å². The van der Waals surface area contributed by atoms with Crippen LogP contribution in [0.4, 0.5) is 0 Å².